The zero-order valence-corrected chi connectivity index (χ0v) is 15.0. The van der Waals surface area contributed by atoms with Crippen LogP contribution in [-0.2, 0) is 4.79 Å². The average molecular weight is 350 g/mol. The van der Waals surface area contributed by atoms with E-state index in [9.17, 15) is 4.79 Å². The monoisotopic (exact) mass is 350 g/mol. The first-order valence-corrected chi connectivity index (χ1v) is 8.72. The quantitative estimate of drug-likeness (QED) is 0.482. The molecule has 0 heterocycles. The second kappa shape index (κ2) is 9.32. The van der Waals surface area contributed by atoms with Gasteiger partial charge in [-0.05, 0) is 43.1 Å². The number of hydrogen-bond donors (Lipinski definition) is 4. The summed E-state index contributed by atoms with van der Waals surface area (Å²) >= 11 is 5.24. The van der Waals surface area contributed by atoms with E-state index in [0.717, 1.165) is 17.9 Å². The Hall–Kier alpha value is -2.02. The largest absolute Gasteiger partial charge is 0.497 e. The van der Waals surface area contributed by atoms with Crippen molar-refractivity contribution in [3.8, 4) is 5.75 Å². The fourth-order valence-corrected chi connectivity index (χ4v) is 3.02. The van der Waals surface area contributed by atoms with Crippen LogP contribution < -0.4 is 26.2 Å². The minimum absolute atomic E-state index is 0.141. The Balaban J connectivity index is 1.67. The van der Waals surface area contributed by atoms with Gasteiger partial charge in [-0.1, -0.05) is 25.8 Å². The van der Waals surface area contributed by atoms with Gasteiger partial charge in [0.05, 0.1) is 13.7 Å². The van der Waals surface area contributed by atoms with E-state index in [0.29, 0.717) is 17.1 Å². The van der Waals surface area contributed by atoms with Crippen LogP contribution in [0.3, 0.4) is 0 Å². The van der Waals surface area contributed by atoms with E-state index in [-0.39, 0.29) is 12.5 Å². The lowest BCUT2D eigenvalue weighted by molar-refractivity contribution is -0.119. The molecule has 24 heavy (non-hydrogen) atoms. The van der Waals surface area contributed by atoms with Crippen LogP contribution in [0.1, 0.15) is 32.6 Å². The molecule has 0 spiro atoms. The van der Waals surface area contributed by atoms with E-state index in [1.54, 1.807) is 7.11 Å². The Bertz CT molecular complexity index is 567. The van der Waals surface area contributed by atoms with Gasteiger partial charge in [0.1, 0.15) is 5.75 Å². The van der Waals surface area contributed by atoms with Crippen molar-refractivity contribution in [3.63, 3.8) is 0 Å². The van der Waals surface area contributed by atoms with E-state index < -0.39 is 0 Å². The normalized spacial score (nSPS) is 19.9. The Labute approximate surface area is 148 Å². The molecule has 0 unspecified atom stereocenters. The van der Waals surface area contributed by atoms with Gasteiger partial charge in [0.15, 0.2) is 5.11 Å². The van der Waals surface area contributed by atoms with Gasteiger partial charge >= 0.3 is 0 Å². The third-order valence-corrected chi connectivity index (χ3v) is 4.49. The van der Waals surface area contributed by atoms with Crippen LogP contribution in [0, 0.1) is 5.92 Å². The van der Waals surface area contributed by atoms with Crippen molar-refractivity contribution in [2.24, 2.45) is 5.92 Å². The predicted octanol–water partition coefficient (Wildman–Crippen LogP) is 2.18. The van der Waals surface area contributed by atoms with Crippen molar-refractivity contribution in [1.29, 1.82) is 0 Å². The van der Waals surface area contributed by atoms with E-state index >= 15 is 0 Å². The highest BCUT2D eigenvalue weighted by Crippen LogP contribution is 2.23. The summed E-state index contributed by atoms with van der Waals surface area (Å²) in [5.41, 5.74) is 6.19. The summed E-state index contributed by atoms with van der Waals surface area (Å²) < 4.78 is 5.14. The van der Waals surface area contributed by atoms with Gasteiger partial charge in [0, 0.05) is 17.8 Å². The first-order chi connectivity index (χ1) is 11.6. The fourth-order valence-electron chi connectivity index (χ4n) is 2.82. The molecule has 0 bridgehead atoms. The van der Waals surface area contributed by atoms with E-state index in [4.69, 9.17) is 17.0 Å². The van der Waals surface area contributed by atoms with Crippen LogP contribution in [0.15, 0.2) is 24.3 Å². The van der Waals surface area contributed by atoms with Crippen molar-refractivity contribution < 1.29 is 9.53 Å². The van der Waals surface area contributed by atoms with Gasteiger partial charge in [0.25, 0.3) is 5.91 Å². The second-order valence-electron chi connectivity index (χ2n) is 6.10. The molecule has 0 saturated heterocycles. The highest BCUT2D eigenvalue weighted by molar-refractivity contribution is 7.80. The Morgan fingerprint density at radius 2 is 2.08 bits per heavy atom. The molecule has 0 radical (unpaired) electrons. The molecule has 7 heteroatoms. The Morgan fingerprint density at radius 3 is 2.83 bits per heavy atom. The van der Waals surface area contributed by atoms with Crippen molar-refractivity contribution in [2.45, 2.75) is 38.6 Å². The van der Waals surface area contributed by atoms with Crippen LogP contribution in [0.5, 0.6) is 5.75 Å². The van der Waals surface area contributed by atoms with Gasteiger partial charge in [-0.25, -0.2) is 0 Å². The lowest BCUT2D eigenvalue weighted by atomic mass is 9.86. The molecule has 1 fully saturated rings. The molecule has 2 atom stereocenters. The molecule has 132 valence electrons. The lowest BCUT2D eigenvalue weighted by Gasteiger charge is -2.30. The number of anilines is 1. The molecule has 1 aromatic carbocycles. The molecule has 2 rings (SSSR count). The molecular weight excluding hydrogens is 324 g/mol. The molecule has 4 N–H and O–H groups in total. The van der Waals surface area contributed by atoms with Crippen molar-refractivity contribution in [3.05, 3.63) is 24.3 Å². The van der Waals surface area contributed by atoms with Gasteiger partial charge in [-0.3, -0.25) is 15.6 Å². The van der Waals surface area contributed by atoms with Crippen LogP contribution in [-0.4, -0.2) is 30.7 Å². The van der Waals surface area contributed by atoms with E-state index in [2.05, 4.69) is 28.4 Å². The number of carbonyl (C=O) groups is 1. The maximum absolute atomic E-state index is 11.9. The van der Waals surface area contributed by atoms with E-state index in [1.165, 1.54) is 19.3 Å². The average Bonchev–Trinajstić information content (AvgIpc) is 2.60. The first kappa shape index (κ1) is 18.3. The zero-order chi connectivity index (χ0) is 17.4. The van der Waals surface area contributed by atoms with Crippen molar-refractivity contribution in [2.75, 3.05) is 19.0 Å². The minimum Gasteiger partial charge on any atom is -0.497 e. The van der Waals surface area contributed by atoms with Gasteiger partial charge in [0.2, 0.25) is 0 Å². The van der Waals surface area contributed by atoms with Gasteiger partial charge in [-0.15, -0.1) is 0 Å². The highest BCUT2D eigenvalue weighted by atomic mass is 32.1. The van der Waals surface area contributed by atoms with Crippen molar-refractivity contribution in [1.82, 2.24) is 16.2 Å². The SMILES string of the molecule is COc1cccc(NCC(=O)NNC(=S)N[C@@H]2CCCC[C@@H]2C)c1. The van der Waals surface area contributed by atoms with Gasteiger partial charge < -0.3 is 15.4 Å². The van der Waals surface area contributed by atoms with Crippen LogP contribution in [0.2, 0.25) is 0 Å². The summed E-state index contributed by atoms with van der Waals surface area (Å²) in [4.78, 5) is 11.9. The van der Waals surface area contributed by atoms with Crippen molar-refractivity contribution >= 4 is 28.9 Å². The van der Waals surface area contributed by atoms with Gasteiger partial charge in [-0.2, -0.15) is 0 Å². The molecule has 1 aliphatic carbocycles. The third kappa shape index (κ3) is 5.88. The number of carbonyl (C=O) groups excluding carboxylic acids is 1. The zero-order valence-electron chi connectivity index (χ0n) is 14.2. The number of hydrogen-bond acceptors (Lipinski definition) is 4. The summed E-state index contributed by atoms with van der Waals surface area (Å²) in [6, 6.07) is 7.80. The summed E-state index contributed by atoms with van der Waals surface area (Å²) in [5, 5.41) is 6.78. The number of ether oxygens (including phenoxy) is 1. The number of nitrogens with one attached hydrogen (secondary N) is 4. The van der Waals surface area contributed by atoms with Crippen LogP contribution in [0.4, 0.5) is 5.69 Å². The molecule has 1 saturated carbocycles. The molecule has 1 amide bonds. The number of hydrazine groups is 1. The molecule has 6 nitrogen and oxygen atoms in total. The molecule has 0 aliphatic heterocycles. The topological polar surface area (TPSA) is 74.4 Å². The minimum atomic E-state index is -0.196. The van der Waals surface area contributed by atoms with Crippen LogP contribution >= 0.6 is 12.2 Å². The molecule has 1 aromatic rings. The highest BCUT2D eigenvalue weighted by Gasteiger charge is 2.21. The molecule has 1 aliphatic rings. The van der Waals surface area contributed by atoms with Crippen LogP contribution in [0.25, 0.3) is 0 Å². The molecule has 0 aromatic heterocycles. The number of methoxy groups -OCH3 is 1. The maximum atomic E-state index is 11.9. The number of benzene rings is 1. The van der Waals surface area contributed by atoms with E-state index in [1.807, 2.05) is 24.3 Å². The molecular formula is C17H26N4O2S. The number of thiocarbonyl (C=S) groups is 1. The third-order valence-electron chi connectivity index (χ3n) is 4.27. The maximum Gasteiger partial charge on any atom is 0.257 e. The summed E-state index contributed by atoms with van der Waals surface area (Å²) in [7, 11) is 1.61. The smallest absolute Gasteiger partial charge is 0.257 e. The number of amides is 1. The Morgan fingerprint density at radius 1 is 1.29 bits per heavy atom. The standard InChI is InChI=1S/C17H26N4O2S/c1-12-6-3-4-9-15(12)19-17(24)21-20-16(22)11-18-13-7-5-8-14(10-13)23-2/h5,7-8,10,12,15,18H,3-4,6,9,11H2,1-2H3,(H,20,22)(H2,19,21,24)/t12-,15+/m0/s1. The predicted molar refractivity (Wildman–Crippen MR) is 99.9 cm³/mol. The Kier molecular flexibility index (Phi) is 7.11. The first-order valence-electron chi connectivity index (χ1n) is 8.31. The summed E-state index contributed by atoms with van der Waals surface area (Å²) in [5.74, 6) is 1.15. The second-order valence-corrected chi connectivity index (χ2v) is 6.51. The lowest BCUT2D eigenvalue weighted by Crippen LogP contribution is -2.52. The summed E-state index contributed by atoms with van der Waals surface area (Å²) in [6.07, 6.45) is 4.85. The fraction of sp³-hybridized carbons (Fsp3) is 0.529. The number of rotatable bonds is 5. The summed E-state index contributed by atoms with van der Waals surface area (Å²) in [6.45, 7) is 2.37.